The van der Waals surface area contributed by atoms with Gasteiger partial charge < -0.3 is 10.6 Å². The number of carbonyl (C=O) groups excluding carboxylic acids is 1. The molecule has 1 aromatic rings. The Morgan fingerprint density at radius 1 is 1.50 bits per heavy atom. The predicted octanol–water partition coefficient (Wildman–Crippen LogP) is 1.24. The van der Waals surface area contributed by atoms with Crippen molar-refractivity contribution in [3.8, 4) is 0 Å². The molecule has 1 amide bonds. The van der Waals surface area contributed by atoms with E-state index in [0.29, 0.717) is 0 Å². The van der Waals surface area contributed by atoms with Crippen LogP contribution in [0.1, 0.15) is 6.92 Å². The lowest BCUT2D eigenvalue weighted by atomic mass is 10.1. The second-order valence-electron chi connectivity index (χ2n) is 2.83. The first-order valence-corrected chi connectivity index (χ1v) is 3.85. The van der Waals surface area contributed by atoms with E-state index in [1.165, 1.54) is 0 Å². The van der Waals surface area contributed by atoms with Gasteiger partial charge in [-0.25, -0.2) is 0 Å². The number of fused-ring (bicyclic) bond motifs is 1. The van der Waals surface area contributed by atoms with E-state index in [-0.39, 0.29) is 11.9 Å². The third kappa shape index (κ3) is 1.03. The zero-order valence-electron chi connectivity index (χ0n) is 6.72. The van der Waals surface area contributed by atoms with Crippen LogP contribution < -0.4 is 10.6 Å². The van der Waals surface area contributed by atoms with E-state index in [1.54, 1.807) is 6.07 Å². The standard InChI is InChI=1S/C9H9N2O/c1-6-9(12)11-8-5-3-2-4-7(8)10-6/h3-6,10H,1H3,(H,11,12). The van der Waals surface area contributed by atoms with Crippen LogP contribution in [0, 0.1) is 6.07 Å². The van der Waals surface area contributed by atoms with Gasteiger partial charge in [-0.1, -0.05) is 6.07 Å². The fourth-order valence-electron chi connectivity index (χ4n) is 1.20. The summed E-state index contributed by atoms with van der Waals surface area (Å²) in [5.74, 6) is 0.00806. The van der Waals surface area contributed by atoms with Gasteiger partial charge >= 0.3 is 0 Å². The summed E-state index contributed by atoms with van der Waals surface area (Å²) in [5, 5.41) is 5.85. The van der Waals surface area contributed by atoms with Crippen molar-refractivity contribution in [3.05, 3.63) is 24.3 Å². The SMILES string of the molecule is CC1Nc2c[c]ccc2NC1=O. The molecule has 0 spiro atoms. The molecule has 1 aromatic carbocycles. The molecular weight excluding hydrogens is 152 g/mol. The average Bonchev–Trinajstić information content (AvgIpc) is 2.07. The van der Waals surface area contributed by atoms with E-state index in [2.05, 4.69) is 16.7 Å². The summed E-state index contributed by atoms with van der Waals surface area (Å²) in [6, 6.07) is 8.21. The minimum absolute atomic E-state index is 0.00806. The van der Waals surface area contributed by atoms with Gasteiger partial charge in [0, 0.05) is 0 Å². The van der Waals surface area contributed by atoms with Crippen molar-refractivity contribution < 1.29 is 4.79 Å². The van der Waals surface area contributed by atoms with Gasteiger partial charge in [0.25, 0.3) is 0 Å². The molecule has 61 valence electrons. The largest absolute Gasteiger partial charge is 0.372 e. The van der Waals surface area contributed by atoms with Crippen molar-refractivity contribution >= 4 is 17.3 Å². The maximum Gasteiger partial charge on any atom is 0.246 e. The Morgan fingerprint density at radius 2 is 2.33 bits per heavy atom. The number of rotatable bonds is 0. The Morgan fingerprint density at radius 3 is 3.17 bits per heavy atom. The van der Waals surface area contributed by atoms with Crippen molar-refractivity contribution in [1.29, 1.82) is 0 Å². The van der Waals surface area contributed by atoms with Gasteiger partial charge in [-0.15, -0.1) is 0 Å². The maximum atomic E-state index is 11.2. The molecule has 0 saturated heterocycles. The van der Waals surface area contributed by atoms with Gasteiger partial charge in [0.2, 0.25) is 5.91 Å². The van der Waals surface area contributed by atoms with Gasteiger partial charge in [-0.3, -0.25) is 4.79 Å². The van der Waals surface area contributed by atoms with Crippen LogP contribution >= 0.6 is 0 Å². The van der Waals surface area contributed by atoms with E-state index < -0.39 is 0 Å². The highest BCUT2D eigenvalue weighted by molar-refractivity contribution is 6.02. The average molecular weight is 161 g/mol. The predicted molar refractivity (Wildman–Crippen MR) is 47.0 cm³/mol. The molecule has 0 aromatic heterocycles. The molecule has 1 aliphatic heterocycles. The Balaban J connectivity index is 2.40. The molecule has 1 radical (unpaired) electrons. The molecule has 0 bridgehead atoms. The number of nitrogens with one attached hydrogen (secondary N) is 2. The quantitative estimate of drug-likeness (QED) is 0.601. The third-order valence-corrected chi connectivity index (χ3v) is 1.89. The highest BCUT2D eigenvalue weighted by Gasteiger charge is 2.19. The molecule has 1 unspecified atom stereocenters. The van der Waals surface area contributed by atoms with Crippen LogP contribution in [0.15, 0.2) is 18.2 Å². The summed E-state index contributed by atoms with van der Waals surface area (Å²) in [7, 11) is 0. The summed E-state index contributed by atoms with van der Waals surface area (Å²) >= 11 is 0. The third-order valence-electron chi connectivity index (χ3n) is 1.89. The van der Waals surface area contributed by atoms with Gasteiger partial charge in [0.1, 0.15) is 6.04 Å². The van der Waals surface area contributed by atoms with Crippen LogP contribution in [0.5, 0.6) is 0 Å². The number of anilines is 2. The van der Waals surface area contributed by atoms with Crippen molar-refractivity contribution in [2.24, 2.45) is 0 Å². The molecular formula is C9H9N2O. The van der Waals surface area contributed by atoms with Crippen molar-refractivity contribution in [3.63, 3.8) is 0 Å². The highest BCUT2D eigenvalue weighted by atomic mass is 16.2. The van der Waals surface area contributed by atoms with Gasteiger partial charge in [-0.2, -0.15) is 0 Å². The fourth-order valence-corrected chi connectivity index (χ4v) is 1.20. The second kappa shape index (κ2) is 2.52. The lowest BCUT2D eigenvalue weighted by molar-refractivity contribution is -0.116. The Labute approximate surface area is 70.8 Å². The summed E-state index contributed by atoms with van der Waals surface area (Å²) in [4.78, 5) is 11.2. The first-order chi connectivity index (χ1) is 5.77. The molecule has 3 heteroatoms. The van der Waals surface area contributed by atoms with Crippen LogP contribution in [0.4, 0.5) is 11.4 Å². The first-order valence-electron chi connectivity index (χ1n) is 3.85. The topological polar surface area (TPSA) is 41.1 Å². The Kier molecular flexibility index (Phi) is 1.50. The number of hydrogen-bond acceptors (Lipinski definition) is 2. The molecule has 2 rings (SSSR count). The fraction of sp³-hybridized carbons (Fsp3) is 0.222. The van der Waals surface area contributed by atoms with Gasteiger partial charge in [0.05, 0.1) is 11.4 Å². The maximum absolute atomic E-state index is 11.2. The van der Waals surface area contributed by atoms with Crippen LogP contribution in [-0.4, -0.2) is 11.9 Å². The summed E-state index contributed by atoms with van der Waals surface area (Å²) < 4.78 is 0. The molecule has 1 atom stereocenters. The Bertz CT molecular complexity index is 322. The smallest absolute Gasteiger partial charge is 0.246 e. The Hall–Kier alpha value is -1.51. The van der Waals surface area contributed by atoms with E-state index in [4.69, 9.17) is 0 Å². The van der Waals surface area contributed by atoms with E-state index in [9.17, 15) is 4.79 Å². The molecule has 3 nitrogen and oxygen atoms in total. The zero-order valence-corrected chi connectivity index (χ0v) is 6.72. The molecule has 1 heterocycles. The lowest BCUT2D eigenvalue weighted by Crippen LogP contribution is -2.36. The van der Waals surface area contributed by atoms with Crippen LogP contribution in [0.2, 0.25) is 0 Å². The van der Waals surface area contributed by atoms with Crippen LogP contribution in [0.25, 0.3) is 0 Å². The van der Waals surface area contributed by atoms with Crippen molar-refractivity contribution in [2.75, 3.05) is 10.6 Å². The normalized spacial score (nSPS) is 20.8. The number of amides is 1. The van der Waals surface area contributed by atoms with E-state index in [0.717, 1.165) is 11.4 Å². The molecule has 2 N–H and O–H groups in total. The molecule has 0 saturated carbocycles. The lowest BCUT2D eigenvalue weighted by Gasteiger charge is -2.23. The van der Waals surface area contributed by atoms with Crippen molar-refractivity contribution in [1.82, 2.24) is 0 Å². The highest BCUT2D eigenvalue weighted by Crippen LogP contribution is 2.24. The summed E-state index contributed by atoms with van der Waals surface area (Å²) in [6.07, 6.45) is 0. The minimum Gasteiger partial charge on any atom is -0.372 e. The van der Waals surface area contributed by atoms with Gasteiger partial charge in [0.15, 0.2) is 0 Å². The van der Waals surface area contributed by atoms with Crippen LogP contribution in [0.3, 0.4) is 0 Å². The summed E-state index contributed by atoms with van der Waals surface area (Å²) in [5.41, 5.74) is 1.77. The number of hydrogen-bond donors (Lipinski definition) is 2. The van der Waals surface area contributed by atoms with Crippen LogP contribution in [-0.2, 0) is 4.79 Å². The zero-order chi connectivity index (χ0) is 8.55. The molecule has 0 aliphatic carbocycles. The van der Waals surface area contributed by atoms with E-state index in [1.807, 2.05) is 19.1 Å². The first kappa shape index (κ1) is 7.16. The molecule has 0 fully saturated rings. The molecule has 1 aliphatic rings. The number of carbonyl (C=O) groups is 1. The monoisotopic (exact) mass is 161 g/mol. The summed E-state index contributed by atoms with van der Waals surface area (Å²) in [6.45, 7) is 1.82. The number of benzene rings is 1. The minimum atomic E-state index is -0.159. The van der Waals surface area contributed by atoms with Crippen molar-refractivity contribution in [2.45, 2.75) is 13.0 Å². The molecule has 12 heavy (non-hydrogen) atoms. The second-order valence-corrected chi connectivity index (χ2v) is 2.83. The van der Waals surface area contributed by atoms with Gasteiger partial charge in [-0.05, 0) is 25.1 Å². The van der Waals surface area contributed by atoms with E-state index >= 15 is 0 Å².